The molecule has 14 heavy (non-hydrogen) atoms. The lowest BCUT2D eigenvalue weighted by Gasteiger charge is -2.12. The summed E-state index contributed by atoms with van der Waals surface area (Å²) >= 11 is 3.46. The smallest absolute Gasteiger partial charge is 0.228 e. The summed E-state index contributed by atoms with van der Waals surface area (Å²) in [5.74, 6) is 1.16. The minimum absolute atomic E-state index is 0.156. The summed E-state index contributed by atoms with van der Waals surface area (Å²) in [6, 6.07) is 2.06. The number of halogens is 1. The first-order chi connectivity index (χ1) is 6.50. The summed E-state index contributed by atoms with van der Waals surface area (Å²) in [6.07, 6.45) is 2.02. The highest BCUT2D eigenvalue weighted by Crippen LogP contribution is 2.26. The van der Waals surface area contributed by atoms with Crippen LogP contribution in [0.2, 0.25) is 0 Å². The van der Waals surface area contributed by atoms with E-state index in [1.807, 2.05) is 20.0 Å². The van der Waals surface area contributed by atoms with Crippen molar-refractivity contribution < 1.29 is 4.74 Å². The third-order valence-electron chi connectivity index (χ3n) is 1.84. The van der Waals surface area contributed by atoms with Crippen LogP contribution in [0.15, 0.2) is 16.7 Å². The summed E-state index contributed by atoms with van der Waals surface area (Å²) in [4.78, 5) is 4.27. The summed E-state index contributed by atoms with van der Waals surface area (Å²) in [5.41, 5.74) is 1.22. The van der Waals surface area contributed by atoms with Crippen LogP contribution in [-0.4, -0.2) is 11.1 Å². The van der Waals surface area contributed by atoms with E-state index in [2.05, 4.69) is 40.8 Å². The quantitative estimate of drug-likeness (QED) is 0.823. The molecule has 1 aromatic heterocycles. The number of nitrogens with zero attached hydrogens (tertiary/aromatic N) is 1. The molecule has 0 aliphatic carbocycles. The molecule has 0 bridgehead atoms. The lowest BCUT2D eigenvalue weighted by molar-refractivity contribution is 0.231. The number of rotatable bonds is 3. The number of hydrogen-bond donors (Lipinski definition) is 0. The molecule has 1 aromatic rings. The Morgan fingerprint density at radius 2 is 1.93 bits per heavy atom. The van der Waals surface area contributed by atoms with Crippen LogP contribution in [-0.2, 0) is 0 Å². The van der Waals surface area contributed by atoms with Crippen molar-refractivity contribution in [3.8, 4) is 5.88 Å². The van der Waals surface area contributed by atoms with Crippen LogP contribution in [0, 0.1) is 0 Å². The Bertz CT molecular complexity index is 310. The highest BCUT2D eigenvalue weighted by Gasteiger charge is 2.07. The molecule has 0 aliphatic heterocycles. The summed E-state index contributed by atoms with van der Waals surface area (Å²) < 4.78 is 6.45. The second kappa shape index (κ2) is 4.78. The normalized spacial score (nSPS) is 11.1. The second-order valence-electron chi connectivity index (χ2n) is 3.88. The molecule has 1 heterocycles. The fourth-order valence-corrected chi connectivity index (χ4v) is 1.53. The molecule has 1 rings (SSSR count). The second-order valence-corrected chi connectivity index (χ2v) is 4.73. The Balaban J connectivity index is 2.90. The first kappa shape index (κ1) is 11.5. The molecular formula is C11H16BrNO. The van der Waals surface area contributed by atoms with Crippen molar-refractivity contribution in [1.82, 2.24) is 4.98 Å². The van der Waals surface area contributed by atoms with E-state index >= 15 is 0 Å². The van der Waals surface area contributed by atoms with Crippen LogP contribution in [0.3, 0.4) is 0 Å². The van der Waals surface area contributed by atoms with Crippen molar-refractivity contribution in [3.63, 3.8) is 0 Å². The van der Waals surface area contributed by atoms with Crippen molar-refractivity contribution in [1.29, 1.82) is 0 Å². The molecule has 0 unspecified atom stereocenters. The maximum absolute atomic E-state index is 5.52. The third-order valence-corrected chi connectivity index (χ3v) is 2.41. The minimum Gasteiger partial charge on any atom is -0.474 e. The number of pyridine rings is 1. The molecule has 0 fully saturated rings. The van der Waals surface area contributed by atoms with E-state index in [0.717, 1.165) is 4.47 Å². The average molecular weight is 258 g/mol. The van der Waals surface area contributed by atoms with Gasteiger partial charge in [0, 0.05) is 6.20 Å². The molecule has 78 valence electrons. The SMILES string of the molecule is CC(C)Oc1ncc(C(C)C)cc1Br. The van der Waals surface area contributed by atoms with Gasteiger partial charge >= 0.3 is 0 Å². The van der Waals surface area contributed by atoms with Crippen molar-refractivity contribution >= 4 is 15.9 Å². The molecule has 0 aromatic carbocycles. The van der Waals surface area contributed by atoms with Gasteiger partial charge < -0.3 is 4.74 Å². The number of ether oxygens (including phenoxy) is 1. The van der Waals surface area contributed by atoms with Gasteiger partial charge in [0.25, 0.3) is 0 Å². The summed E-state index contributed by atoms with van der Waals surface area (Å²) in [7, 11) is 0. The topological polar surface area (TPSA) is 22.1 Å². The van der Waals surface area contributed by atoms with Gasteiger partial charge in [-0.15, -0.1) is 0 Å². The molecule has 0 N–H and O–H groups in total. The van der Waals surface area contributed by atoms with Crippen LogP contribution in [0.1, 0.15) is 39.2 Å². The van der Waals surface area contributed by atoms with Crippen molar-refractivity contribution in [2.75, 3.05) is 0 Å². The Morgan fingerprint density at radius 3 is 2.36 bits per heavy atom. The molecule has 0 aliphatic rings. The Labute approximate surface area is 93.8 Å². The van der Waals surface area contributed by atoms with Gasteiger partial charge in [0.05, 0.1) is 10.6 Å². The van der Waals surface area contributed by atoms with Gasteiger partial charge in [-0.2, -0.15) is 0 Å². The Hall–Kier alpha value is -0.570. The first-order valence-corrected chi connectivity index (χ1v) is 5.62. The third kappa shape index (κ3) is 2.98. The molecule has 0 spiro atoms. The molecular weight excluding hydrogens is 242 g/mol. The zero-order valence-electron chi connectivity index (χ0n) is 9.04. The maximum Gasteiger partial charge on any atom is 0.228 e. The van der Waals surface area contributed by atoms with Crippen LogP contribution in [0.5, 0.6) is 5.88 Å². The molecule has 2 nitrogen and oxygen atoms in total. The van der Waals surface area contributed by atoms with E-state index in [9.17, 15) is 0 Å². The first-order valence-electron chi connectivity index (χ1n) is 4.82. The summed E-state index contributed by atoms with van der Waals surface area (Å²) in [5, 5.41) is 0. The van der Waals surface area contributed by atoms with Crippen LogP contribution >= 0.6 is 15.9 Å². The van der Waals surface area contributed by atoms with Crippen molar-refractivity contribution in [2.24, 2.45) is 0 Å². The monoisotopic (exact) mass is 257 g/mol. The van der Waals surface area contributed by atoms with Gasteiger partial charge in [-0.1, -0.05) is 13.8 Å². The Kier molecular flexibility index (Phi) is 3.93. The maximum atomic E-state index is 5.52. The summed E-state index contributed by atoms with van der Waals surface area (Å²) in [6.45, 7) is 8.27. The zero-order valence-corrected chi connectivity index (χ0v) is 10.6. The molecule has 0 saturated carbocycles. The Morgan fingerprint density at radius 1 is 1.29 bits per heavy atom. The van der Waals surface area contributed by atoms with E-state index in [0.29, 0.717) is 11.8 Å². The van der Waals surface area contributed by atoms with Crippen LogP contribution < -0.4 is 4.74 Å². The van der Waals surface area contributed by atoms with Gasteiger partial charge in [-0.3, -0.25) is 0 Å². The van der Waals surface area contributed by atoms with Crippen molar-refractivity contribution in [3.05, 3.63) is 22.3 Å². The zero-order chi connectivity index (χ0) is 10.7. The lowest BCUT2D eigenvalue weighted by Crippen LogP contribution is -2.07. The van der Waals surface area contributed by atoms with E-state index in [1.165, 1.54) is 5.56 Å². The fourth-order valence-electron chi connectivity index (χ4n) is 1.07. The highest BCUT2D eigenvalue weighted by molar-refractivity contribution is 9.10. The largest absolute Gasteiger partial charge is 0.474 e. The predicted octanol–water partition coefficient (Wildman–Crippen LogP) is 3.75. The highest BCUT2D eigenvalue weighted by atomic mass is 79.9. The van der Waals surface area contributed by atoms with Crippen molar-refractivity contribution in [2.45, 2.75) is 39.7 Å². The van der Waals surface area contributed by atoms with Gasteiger partial charge in [0.2, 0.25) is 5.88 Å². The van der Waals surface area contributed by atoms with Gasteiger partial charge in [-0.25, -0.2) is 4.98 Å². The standard InChI is InChI=1S/C11H16BrNO/c1-7(2)9-5-10(12)11(13-6-9)14-8(3)4/h5-8H,1-4H3. The minimum atomic E-state index is 0.156. The molecule has 0 atom stereocenters. The number of aromatic nitrogens is 1. The van der Waals surface area contributed by atoms with Gasteiger partial charge in [0.1, 0.15) is 0 Å². The van der Waals surface area contributed by atoms with E-state index in [-0.39, 0.29) is 6.10 Å². The average Bonchev–Trinajstić information content (AvgIpc) is 2.07. The predicted molar refractivity (Wildman–Crippen MR) is 61.8 cm³/mol. The molecule has 0 saturated heterocycles. The van der Waals surface area contributed by atoms with Crippen LogP contribution in [0.25, 0.3) is 0 Å². The number of hydrogen-bond acceptors (Lipinski definition) is 2. The molecule has 0 radical (unpaired) electrons. The van der Waals surface area contributed by atoms with E-state index in [1.54, 1.807) is 0 Å². The van der Waals surface area contributed by atoms with Gasteiger partial charge in [0.15, 0.2) is 0 Å². The van der Waals surface area contributed by atoms with E-state index < -0.39 is 0 Å². The van der Waals surface area contributed by atoms with Crippen LogP contribution in [0.4, 0.5) is 0 Å². The molecule has 0 amide bonds. The fraction of sp³-hybridized carbons (Fsp3) is 0.545. The lowest BCUT2D eigenvalue weighted by atomic mass is 10.1. The molecule has 3 heteroatoms. The van der Waals surface area contributed by atoms with Gasteiger partial charge in [-0.05, 0) is 47.3 Å². The van der Waals surface area contributed by atoms with E-state index in [4.69, 9.17) is 4.74 Å².